The van der Waals surface area contributed by atoms with Crippen molar-refractivity contribution in [3.8, 4) is 17.2 Å². The van der Waals surface area contributed by atoms with Crippen molar-refractivity contribution in [1.29, 1.82) is 0 Å². The number of rotatable bonds is 9. The normalized spacial score (nSPS) is 13.6. The standard InChI is InChI=1S/C12H28O4Si.3C6H6O.Ti/c1-7-10(4)14-17(13,15-11(5)8-2)16-12(6)9-3;3*7-6-4-2-1-3-5-6;/h10-13H,7-9H2,1-6H3;3*1-5,7H;. The summed E-state index contributed by atoms with van der Waals surface area (Å²) in [7, 11) is -3.50. The molecule has 0 aliphatic heterocycles. The summed E-state index contributed by atoms with van der Waals surface area (Å²) in [6, 6.07) is 26.1. The van der Waals surface area contributed by atoms with Gasteiger partial charge in [0.2, 0.25) is 0 Å². The predicted octanol–water partition coefficient (Wildman–Crippen LogP) is 7.03. The number of aromatic hydroxyl groups is 3. The average Bonchev–Trinajstić information content (AvgIpc) is 2.90. The monoisotopic (exact) mass is 594 g/mol. The second-order valence-electron chi connectivity index (χ2n) is 8.54. The van der Waals surface area contributed by atoms with E-state index in [2.05, 4.69) is 0 Å². The SMILES string of the molecule is CCC(C)O[Si](O)(OC(C)CC)OC(C)CC.Oc1ccccc1.Oc1ccccc1.Oc1ccccc1.[Ti]. The van der Waals surface area contributed by atoms with Crippen molar-refractivity contribution in [3.05, 3.63) is 91.0 Å². The van der Waals surface area contributed by atoms with Crippen LogP contribution in [-0.4, -0.2) is 47.5 Å². The van der Waals surface area contributed by atoms with Gasteiger partial charge in [-0.2, -0.15) is 0 Å². The zero-order valence-corrected chi connectivity index (χ0v) is 26.6. The van der Waals surface area contributed by atoms with Crippen LogP contribution >= 0.6 is 0 Å². The summed E-state index contributed by atoms with van der Waals surface area (Å²) >= 11 is 0. The van der Waals surface area contributed by atoms with Crippen LogP contribution in [0.3, 0.4) is 0 Å². The van der Waals surface area contributed by atoms with Crippen molar-refractivity contribution in [2.45, 2.75) is 79.1 Å². The molecular weight excluding hydrogens is 548 g/mol. The fourth-order valence-electron chi connectivity index (χ4n) is 2.38. The molecule has 0 amide bonds. The molecule has 0 aliphatic carbocycles. The van der Waals surface area contributed by atoms with Gasteiger partial charge in [0, 0.05) is 40.0 Å². The Morgan fingerprint density at radius 3 is 0.846 bits per heavy atom. The van der Waals surface area contributed by atoms with Gasteiger partial charge in [-0.15, -0.1) is 0 Å². The van der Waals surface area contributed by atoms with Gasteiger partial charge in [-0.3, -0.25) is 0 Å². The Kier molecular flexibility index (Phi) is 23.7. The van der Waals surface area contributed by atoms with E-state index in [0.29, 0.717) is 17.2 Å². The van der Waals surface area contributed by atoms with Crippen molar-refractivity contribution < 1.29 is 55.1 Å². The maximum atomic E-state index is 10.4. The van der Waals surface area contributed by atoms with Crippen LogP contribution < -0.4 is 0 Å². The molecule has 0 aliphatic rings. The van der Waals surface area contributed by atoms with E-state index < -0.39 is 9.05 Å². The van der Waals surface area contributed by atoms with Gasteiger partial charge in [-0.25, -0.2) is 0 Å². The Morgan fingerprint density at radius 1 is 0.513 bits per heavy atom. The van der Waals surface area contributed by atoms with E-state index >= 15 is 0 Å². The first-order valence-corrected chi connectivity index (χ1v) is 14.7. The third kappa shape index (κ3) is 22.4. The van der Waals surface area contributed by atoms with Gasteiger partial charge in [0.15, 0.2) is 0 Å². The fraction of sp³-hybridized carbons (Fsp3) is 0.400. The first-order chi connectivity index (χ1) is 18.0. The first kappa shape index (κ1) is 39.0. The minimum absolute atomic E-state index is 0. The molecule has 0 bridgehead atoms. The molecule has 0 saturated heterocycles. The summed E-state index contributed by atoms with van der Waals surface area (Å²) in [5, 5.41) is 25.9. The van der Waals surface area contributed by atoms with Gasteiger partial charge in [-0.05, 0) is 76.4 Å². The number of benzene rings is 3. The molecule has 3 rings (SSSR count). The zero-order chi connectivity index (χ0) is 28.8. The Labute approximate surface area is 250 Å². The summed E-state index contributed by atoms with van der Waals surface area (Å²) in [6.07, 6.45) is 2.30. The molecule has 3 aromatic carbocycles. The second-order valence-corrected chi connectivity index (χ2v) is 10.3. The molecule has 4 N–H and O–H groups in total. The molecule has 0 heterocycles. The predicted molar refractivity (Wildman–Crippen MR) is 155 cm³/mol. The Balaban J connectivity index is 0. The van der Waals surface area contributed by atoms with Crippen LogP contribution in [0.1, 0.15) is 60.8 Å². The van der Waals surface area contributed by atoms with E-state index in [0.717, 1.165) is 19.3 Å². The number of hydrogen-bond acceptors (Lipinski definition) is 7. The average molecular weight is 595 g/mol. The van der Waals surface area contributed by atoms with Gasteiger partial charge < -0.3 is 33.4 Å². The molecular formula is C30H46O7SiTi. The van der Waals surface area contributed by atoms with Gasteiger partial charge in [0.1, 0.15) is 17.2 Å². The third-order valence-corrected chi connectivity index (χ3v) is 7.14. The minimum atomic E-state index is -3.50. The summed E-state index contributed by atoms with van der Waals surface area (Å²) in [5.74, 6) is 0.965. The molecule has 0 spiro atoms. The molecule has 216 valence electrons. The summed E-state index contributed by atoms with van der Waals surface area (Å²) in [4.78, 5) is 10.4. The van der Waals surface area contributed by atoms with E-state index in [-0.39, 0.29) is 40.0 Å². The maximum Gasteiger partial charge on any atom is 0.677 e. The van der Waals surface area contributed by atoms with Crippen LogP contribution in [-0.2, 0) is 35.0 Å². The molecule has 0 radical (unpaired) electrons. The van der Waals surface area contributed by atoms with E-state index in [1.165, 1.54) is 0 Å². The summed E-state index contributed by atoms with van der Waals surface area (Å²) < 4.78 is 16.7. The van der Waals surface area contributed by atoms with E-state index in [4.69, 9.17) is 28.6 Å². The molecule has 3 atom stereocenters. The molecule has 0 aromatic heterocycles. The van der Waals surface area contributed by atoms with Gasteiger partial charge in [-0.1, -0.05) is 75.4 Å². The smallest absolute Gasteiger partial charge is 0.508 e. The van der Waals surface area contributed by atoms with Crippen LogP contribution in [0.25, 0.3) is 0 Å². The fourth-order valence-corrected chi connectivity index (χ4v) is 4.57. The van der Waals surface area contributed by atoms with Crippen molar-refractivity contribution in [2.24, 2.45) is 0 Å². The maximum absolute atomic E-state index is 10.4. The topological polar surface area (TPSA) is 109 Å². The van der Waals surface area contributed by atoms with Crippen molar-refractivity contribution >= 4 is 9.05 Å². The molecule has 0 fully saturated rings. The van der Waals surface area contributed by atoms with E-state index in [1.807, 2.05) is 59.7 Å². The van der Waals surface area contributed by atoms with Crippen molar-refractivity contribution in [1.82, 2.24) is 0 Å². The number of para-hydroxylation sites is 3. The largest absolute Gasteiger partial charge is 0.677 e. The molecule has 3 unspecified atom stereocenters. The van der Waals surface area contributed by atoms with Crippen LogP contribution in [0.5, 0.6) is 17.2 Å². The summed E-state index contributed by atoms with van der Waals surface area (Å²) in [6.45, 7) is 11.8. The Hall–Kier alpha value is -2.17. The molecule has 9 heteroatoms. The first-order valence-electron chi connectivity index (χ1n) is 13.0. The van der Waals surface area contributed by atoms with Gasteiger partial charge in [0.05, 0.1) is 0 Å². The zero-order valence-electron chi connectivity index (χ0n) is 24.0. The number of hydrogen-bond donors (Lipinski definition) is 4. The van der Waals surface area contributed by atoms with E-state index in [1.54, 1.807) is 72.8 Å². The second kappa shape index (κ2) is 23.7. The van der Waals surface area contributed by atoms with Crippen LogP contribution in [0, 0.1) is 0 Å². The summed E-state index contributed by atoms with van der Waals surface area (Å²) in [5.41, 5.74) is 0. The third-order valence-electron chi connectivity index (χ3n) is 5.04. The van der Waals surface area contributed by atoms with Crippen molar-refractivity contribution in [2.75, 3.05) is 0 Å². The Bertz CT molecular complexity index is 800. The van der Waals surface area contributed by atoms with Crippen LogP contribution in [0.4, 0.5) is 0 Å². The van der Waals surface area contributed by atoms with Crippen LogP contribution in [0.2, 0.25) is 0 Å². The Morgan fingerprint density at radius 2 is 0.718 bits per heavy atom. The quantitative estimate of drug-likeness (QED) is 0.197. The van der Waals surface area contributed by atoms with Crippen molar-refractivity contribution in [3.63, 3.8) is 0 Å². The number of phenolic OH excluding ortho intramolecular Hbond substituents is 3. The van der Waals surface area contributed by atoms with Gasteiger partial charge in [0.25, 0.3) is 0 Å². The molecule has 39 heavy (non-hydrogen) atoms. The molecule has 0 saturated carbocycles. The minimum Gasteiger partial charge on any atom is -0.508 e. The molecule has 3 aromatic rings. The van der Waals surface area contributed by atoms with Gasteiger partial charge >= 0.3 is 9.05 Å². The molecule has 7 nitrogen and oxygen atoms in total. The number of phenols is 3. The van der Waals surface area contributed by atoms with Crippen LogP contribution in [0.15, 0.2) is 91.0 Å². The van der Waals surface area contributed by atoms with E-state index in [9.17, 15) is 4.80 Å².